The number of rotatable bonds is 4. The lowest BCUT2D eigenvalue weighted by Gasteiger charge is -2.18. The molecule has 0 unspecified atom stereocenters. The summed E-state index contributed by atoms with van der Waals surface area (Å²) in [4.78, 5) is 27.4. The molecular weight excluding hydrogens is 306 g/mol. The summed E-state index contributed by atoms with van der Waals surface area (Å²) in [6, 6.07) is 5.33. The number of hydrogen-bond donors (Lipinski definition) is 1. The van der Waals surface area contributed by atoms with Crippen molar-refractivity contribution in [1.82, 2.24) is 15.1 Å². The Morgan fingerprint density at radius 3 is 2.91 bits per heavy atom. The van der Waals surface area contributed by atoms with Crippen LogP contribution in [0.1, 0.15) is 18.4 Å². The number of methoxy groups -OCH3 is 1. The van der Waals surface area contributed by atoms with Crippen LogP contribution in [0, 0.1) is 0 Å². The van der Waals surface area contributed by atoms with Gasteiger partial charge in [0.15, 0.2) is 0 Å². The van der Waals surface area contributed by atoms with Gasteiger partial charge in [-0.1, -0.05) is 11.6 Å². The van der Waals surface area contributed by atoms with Gasteiger partial charge in [0.1, 0.15) is 12.3 Å². The van der Waals surface area contributed by atoms with Crippen LogP contribution in [0.3, 0.4) is 0 Å². The molecule has 1 aliphatic carbocycles. The van der Waals surface area contributed by atoms with Crippen molar-refractivity contribution in [3.63, 3.8) is 0 Å². The molecule has 118 valence electrons. The molecule has 7 heteroatoms. The van der Waals surface area contributed by atoms with Crippen molar-refractivity contribution in [2.45, 2.75) is 25.4 Å². The first-order chi connectivity index (χ1) is 10.6. The van der Waals surface area contributed by atoms with Crippen LogP contribution in [0.25, 0.3) is 0 Å². The Balaban J connectivity index is 1.58. The van der Waals surface area contributed by atoms with E-state index in [1.54, 1.807) is 30.2 Å². The highest BCUT2D eigenvalue weighted by Gasteiger charge is 2.39. The van der Waals surface area contributed by atoms with E-state index in [4.69, 9.17) is 16.3 Å². The predicted octanol–water partition coefficient (Wildman–Crippen LogP) is 1.82. The van der Waals surface area contributed by atoms with Gasteiger partial charge < -0.3 is 15.0 Å². The fraction of sp³-hybridized carbons (Fsp3) is 0.467. The smallest absolute Gasteiger partial charge is 0.319 e. The third-order valence-corrected chi connectivity index (χ3v) is 4.15. The second-order valence-corrected chi connectivity index (χ2v) is 5.99. The molecule has 0 aromatic heterocycles. The molecule has 0 bridgehead atoms. The number of nitrogens with zero attached hydrogens (tertiary/aromatic N) is 2. The Morgan fingerprint density at radius 2 is 2.23 bits per heavy atom. The Bertz CT molecular complexity index is 604. The van der Waals surface area contributed by atoms with E-state index in [-0.39, 0.29) is 18.5 Å². The minimum absolute atomic E-state index is 0.0259. The van der Waals surface area contributed by atoms with Gasteiger partial charge in [-0.3, -0.25) is 9.69 Å². The van der Waals surface area contributed by atoms with Crippen LogP contribution >= 0.6 is 11.6 Å². The zero-order valence-electron chi connectivity index (χ0n) is 12.3. The van der Waals surface area contributed by atoms with Gasteiger partial charge in [0.05, 0.1) is 13.8 Å². The van der Waals surface area contributed by atoms with E-state index in [1.165, 1.54) is 4.90 Å². The maximum atomic E-state index is 12.2. The molecule has 6 nitrogen and oxygen atoms in total. The van der Waals surface area contributed by atoms with Gasteiger partial charge in [0.25, 0.3) is 0 Å². The van der Waals surface area contributed by atoms with E-state index in [9.17, 15) is 9.59 Å². The van der Waals surface area contributed by atoms with Crippen molar-refractivity contribution in [3.8, 4) is 5.75 Å². The van der Waals surface area contributed by atoms with Crippen LogP contribution in [0.5, 0.6) is 5.75 Å². The molecule has 1 N–H and O–H groups in total. The molecule has 2 fully saturated rings. The molecule has 1 aromatic carbocycles. The van der Waals surface area contributed by atoms with Crippen LogP contribution in [-0.2, 0) is 11.3 Å². The Hall–Kier alpha value is -1.95. The number of ether oxygens (including phenoxy) is 1. The fourth-order valence-corrected chi connectivity index (χ4v) is 2.77. The summed E-state index contributed by atoms with van der Waals surface area (Å²) in [6.07, 6.45) is 2.09. The Labute approximate surface area is 134 Å². The van der Waals surface area contributed by atoms with E-state index in [2.05, 4.69) is 5.32 Å². The standard InChI is InChI=1S/C15H18ClN3O3/c1-22-13-5-2-11(16)6-10(13)7-17-15(21)18-8-14(20)19(9-18)12-3-4-12/h2,5-6,12H,3-4,7-9H2,1H3,(H,17,21). The zero-order chi connectivity index (χ0) is 15.7. The van der Waals surface area contributed by atoms with Crippen molar-refractivity contribution in [1.29, 1.82) is 0 Å². The second kappa shape index (κ2) is 6.04. The van der Waals surface area contributed by atoms with E-state index in [0.717, 1.165) is 18.4 Å². The van der Waals surface area contributed by atoms with Crippen molar-refractivity contribution in [3.05, 3.63) is 28.8 Å². The van der Waals surface area contributed by atoms with Crippen LogP contribution < -0.4 is 10.1 Å². The minimum Gasteiger partial charge on any atom is -0.496 e. The molecule has 1 saturated carbocycles. The molecule has 3 amide bonds. The Morgan fingerprint density at radius 1 is 1.45 bits per heavy atom. The summed E-state index contributed by atoms with van der Waals surface area (Å²) in [5.41, 5.74) is 0.799. The number of benzene rings is 1. The summed E-state index contributed by atoms with van der Waals surface area (Å²) < 4.78 is 5.25. The van der Waals surface area contributed by atoms with Gasteiger partial charge in [-0.05, 0) is 31.0 Å². The number of nitrogens with one attached hydrogen (secondary N) is 1. The lowest BCUT2D eigenvalue weighted by molar-refractivity contribution is -0.127. The summed E-state index contributed by atoms with van der Waals surface area (Å²) >= 11 is 5.97. The number of amides is 3. The predicted molar refractivity (Wildman–Crippen MR) is 81.7 cm³/mol. The van der Waals surface area contributed by atoms with Crippen LogP contribution in [0.15, 0.2) is 18.2 Å². The quantitative estimate of drug-likeness (QED) is 0.919. The number of carbonyl (C=O) groups is 2. The molecule has 0 radical (unpaired) electrons. The van der Waals surface area contributed by atoms with Crippen LogP contribution in [0.4, 0.5) is 4.79 Å². The molecule has 1 saturated heterocycles. The fourth-order valence-electron chi connectivity index (χ4n) is 2.58. The molecule has 1 aromatic rings. The average molecular weight is 324 g/mol. The van der Waals surface area contributed by atoms with Gasteiger partial charge in [0.2, 0.25) is 5.91 Å². The van der Waals surface area contributed by atoms with E-state index in [1.807, 2.05) is 0 Å². The molecule has 0 atom stereocenters. The first-order valence-electron chi connectivity index (χ1n) is 7.23. The van der Waals surface area contributed by atoms with E-state index < -0.39 is 0 Å². The van der Waals surface area contributed by atoms with Gasteiger partial charge in [-0.2, -0.15) is 0 Å². The topological polar surface area (TPSA) is 61.9 Å². The highest BCUT2D eigenvalue weighted by atomic mass is 35.5. The highest BCUT2D eigenvalue weighted by molar-refractivity contribution is 6.30. The second-order valence-electron chi connectivity index (χ2n) is 5.55. The highest BCUT2D eigenvalue weighted by Crippen LogP contribution is 2.29. The molecule has 22 heavy (non-hydrogen) atoms. The molecule has 1 aliphatic heterocycles. The van der Waals surface area contributed by atoms with Crippen molar-refractivity contribution in [2.75, 3.05) is 20.3 Å². The first kappa shape index (κ1) is 15.0. The Kier molecular flexibility index (Phi) is 4.11. The van der Waals surface area contributed by atoms with Crippen molar-refractivity contribution in [2.24, 2.45) is 0 Å². The van der Waals surface area contributed by atoms with E-state index in [0.29, 0.717) is 30.0 Å². The summed E-state index contributed by atoms with van der Waals surface area (Å²) in [5.74, 6) is 0.694. The SMILES string of the molecule is COc1ccc(Cl)cc1CNC(=O)N1CC(=O)N(C2CC2)C1. The molecule has 0 spiro atoms. The van der Waals surface area contributed by atoms with Crippen LogP contribution in [-0.4, -0.2) is 48.1 Å². The first-order valence-corrected chi connectivity index (χ1v) is 7.61. The number of carbonyl (C=O) groups excluding carboxylic acids is 2. The molecule has 3 rings (SSSR count). The van der Waals surface area contributed by atoms with Gasteiger partial charge in [0, 0.05) is 23.2 Å². The third kappa shape index (κ3) is 3.11. The zero-order valence-corrected chi connectivity index (χ0v) is 13.1. The average Bonchev–Trinajstić information content (AvgIpc) is 3.27. The molecule has 1 heterocycles. The number of hydrogen-bond acceptors (Lipinski definition) is 3. The lowest BCUT2D eigenvalue weighted by Crippen LogP contribution is -2.39. The number of urea groups is 1. The normalized spacial score (nSPS) is 17.8. The minimum atomic E-state index is -0.251. The largest absolute Gasteiger partial charge is 0.496 e. The van der Waals surface area contributed by atoms with E-state index >= 15 is 0 Å². The van der Waals surface area contributed by atoms with Gasteiger partial charge in [-0.15, -0.1) is 0 Å². The maximum absolute atomic E-state index is 12.2. The monoisotopic (exact) mass is 323 g/mol. The third-order valence-electron chi connectivity index (χ3n) is 3.92. The van der Waals surface area contributed by atoms with Gasteiger partial charge >= 0.3 is 6.03 Å². The summed E-state index contributed by atoms with van der Waals surface area (Å²) in [7, 11) is 1.57. The summed E-state index contributed by atoms with van der Waals surface area (Å²) in [5, 5.41) is 3.40. The van der Waals surface area contributed by atoms with Gasteiger partial charge in [-0.25, -0.2) is 4.79 Å². The summed E-state index contributed by atoms with van der Waals surface area (Å²) in [6.45, 7) is 0.827. The lowest BCUT2D eigenvalue weighted by atomic mass is 10.2. The van der Waals surface area contributed by atoms with Crippen LogP contribution in [0.2, 0.25) is 5.02 Å². The number of halogens is 1. The van der Waals surface area contributed by atoms with Crippen molar-refractivity contribution >= 4 is 23.5 Å². The van der Waals surface area contributed by atoms with Crippen molar-refractivity contribution < 1.29 is 14.3 Å². The maximum Gasteiger partial charge on any atom is 0.319 e. The molecule has 2 aliphatic rings. The molecular formula is C15H18ClN3O3.